The second-order valence-corrected chi connectivity index (χ2v) is 11.1. The number of likely N-dealkylation sites (N-methyl/N-ethyl adjacent to an activating group) is 1. The van der Waals surface area contributed by atoms with Crippen LogP contribution in [-0.2, 0) is 10.0 Å². The Morgan fingerprint density at radius 2 is 1.68 bits per heavy atom. The highest BCUT2D eigenvalue weighted by Crippen LogP contribution is 2.33. The van der Waals surface area contributed by atoms with Crippen LogP contribution in [0.4, 0.5) is 17.3 Å². The fourth-order valence-corrected chi connectivity index (χ4v) is 5.00. The summed E-state index contributed by atoms with van der Waals surface area (Å²) >= 11 is 6.39. The van der Waals surface area contributed by atoms with Crippen molar-refractivity contribution in [2.75, 3.05) is 44.3 Å². The second-order valence-electron chi connectivity index (χ2n) is 9.04. The van der Waals surface area contributed by atoms with Crippen molar-refractivity contribution in [3.63, 3.8) is 0 Å². The maximum absolute atomic E-state index is 13.5. The molecule has 0 aliphatic rings. The van der Waals surface area contributed by atoms with Gasteiger partial charge in [-0.2, -0.15) is 0 Å². The molecule has 0 spiro atoms. The van der Waals surface area contributed by atoms with Gasteiger partial charge in [0.25, 0.3) is 10.0 Å². The van der Waals surface area contributed by atoms with E-state index in [9.17, 15) is 8.42 Å². The average Bonchev–Trinajstić information content (AvgIpc) is 2.90. The molecule has 9 nitrogen and oxygen atoms in total. The van der Waals surface area contributed by atoms with Gasteiger partial charge < -0.3 is 20.3 Å². The van der Waals surface area contributed by atoms with E-state index in [1.165, 1.54) is 0 Å². The highest BCUT2D eigenvalue weighted by molar-refractivity contribution is 7.92. The number of nitrogens with one attached hydrogen (secondary N) is 3. The fourth-order valence-electron chi connectivity index (χ4n) is 3.77. The molecule has 4 rings (SSSR count). The number of hydrogen-bond donors (Lipinski definition) is 3. The van der Waals surface area contributed by atoms with E-state index in [4.69, 9.17) is 16.3 Å². The van der Waals surface area contributed by atoms with E-state index in [0.717, 1.165) is 18.7 Å². The van der Waals surface area contributed by atoms with Gasteiger partial charge in [-0.25, -0.2) is 18.4 Å². The van der Waals surface area contributed by atoms with Gasteiger partial charge in [0.05, 0.1) is 33.7 Å². The Morgan fingerprint density at radius 1 is 0.974 bits per heavy atom. The lowest BCUT2D eigenvalue weighted by Gasteiger charge is -2.18. The first-order valence-corrected chi connectivity index (χ1v) is 13.9. The summed E-state index contributed by atoms with van der Waals surface area (Å²) in [5.74, 6) is 0.834. The van der Waals surface area contributed by atoms with E-state index in [-0.39, 0.29) is 22.6 Å². The molecule has 0 bridgehead atoms. The SMILES string of the molecule is COc1ccc(Cl)c(Nc2nc3ccccc3nc2NS(=O)(=O)c2cccc(C(C)NCCN(C)C)c2)c1. The molecule has 0 saturated carbocycles. The topological polar surface area (TPSA) is 108 Å². The van der Waals surface area contributed by atoms with Crippen LogP contribution < -0.4 is 20.1 Å². The maximum atomic E-state index is 13.5. The third-order valence-corrected chi connectivity index (χ3v) is 7.57. The van der Waals surface area contributed by atoms with Crippen LogP contribution in [-0.4, -0.2) is 57.6 Å². The van der Waals surface area contributed by atoms with Crippen molar-refractivity contribution in [1.29, 1.82) is 0 Å². The number of methoxy groups -OCH3 is 1. The summed E-state index contributed by atoms with van der Waals surface area (Å²) in [6.07, 6.45) is 0. The van der Waals surface area contributed by atoms with Crippen molar-refractivity contribution in [3.8, 4) is 5.75 Å². The zero-order valence-electron chi connectivity index (χ0n) is 21.7. The van der Waals surface area contributed by atoms with Crippen molar-refractivity contribution in [1.82, 2.24) is 20.2 Å². The van der Waals surface area contributed by atoms with E-state index in [1.54, 1.807) is 55.6 Å². The van der Waals surface area contributed by atoms with Crippen LogP contribution in [0.5, 0.6) is 5.75 Å². The molecule has 0 amide bonds. The van der Waals surface area contributed by atoms with E-state index in [0.29, 0.717) is 27.5 Å². The molecule has 1 heterocycles. The third-order valence-electron chi connectivity index (χ3n) is 5.91. The summed E-state index contributed by atoms with van der Waals surface area (Å²) in [4.78, 5) is 11.4. The van der Waals surface area contributed by atoms with Gasteiger partial charge in [0.15, 0.2) is 11.6 Å². The molecule has 1 atom stereocenters. The minimum absolute atomic E-state index is 0.0296. The van der Waals surface area contributed by atoms with Gasteiger partial charge in [0.2, 0.25) is 0 Å². The zero-order chi connectivity index (χ0) is 27.3. The molecule has 0 aliphatic heterocycles. The highest BCUT2D eigenvalue weighted by atomic mass is 35.5. The first kappa shape index (κ1) is 27.6. The van der Waals surface area contributed by atoms with Crippen LogP contribution in [0.25, 0.3) is 11.0 Å². The van der Waals surface area contributed by atoms with Crippen molar-refractivity contribution in [3.05, 3.63) is 77.3 Å². The highest BCUT2D eigenvalue weighted by Gasteiger charge is 2.21. The predicted molar refractivity (Wildman–Crippen MR) is 153 cm³/mol. The number of hydrogen-bond acceptors (Lipinski definition) is 8. The quantitative estimate of drug-likeness (QED) is 0.236. The van der Waals surface area contributed by atoms with E-state index in [1.807, 2.05) is 39.2 Å². The van der Waals surface area contributed by atoms with Gasteiger partial charge in [-0.1, -0.05) is 35.9 Å². The van der Waals surface area contributed by atoms with Crippen molar-refractivity contribution >= 4 is 50.0 Å². The summed E-state index contributed by atoms with van der Waals surface area (Å²) in [6.45, 7) is 3.65. The van der Waals surface area contributed by atoms with Crippen LogP contribution in [0.1, 0.15) is 18.5 Å². The largest absolute Gasteiger partial charge is 0.497 e. The Bertz CT molecular complexity index is 1530. The second kappa shape index (κ2) is 12.0. The molecule has 38 heavy (non-hydrogen) atoms. The number of nitrogens with zero attached hydrogens (tertiary/aromatic N) is 3. The Hall–Kier alpha value is -3.44. The molecule has 0 radical (unpaired) electrons. The Labute approximate surface area is 228 Å². The smallest absolute Gasteiger partial charge is 0.263 e. The number of benzene rings is 3. The summed E-state index contributed by atoms with van der Waals surface area (Å²) in [5, 5.41) is 6.95. The molecule has 11 heteroatoms. The first-order valence-electron chi connectivity index (χ1n) is 12.0. The maximum Gasteiger partial charge on any atom is 0.263 e. The van der Waals surface area contributed by atoms with Gasteiger partial charge in [-0.05, 0) is 63.0 Å². The van der Waals surface area contributed by atoms with Crippen LogP contribution >= 0.6 is 11.6 Å². The average molecular weight is 555 g/mol. The van der Waals surface area contributed by atoms with Gasteiger partial charge in [0.1, 0.15) is 5.75 Å². The van der Waals surface area contributed by atoms with Crippen molar-refractivity contribution in [2.24, 2.45) is 0 Å². The lowest BCUT2D eigenvalue weighted by molar-refractivity contribution is 0.389. The normalized spacial score (nSPS) is 12.5. The summed E-state index contributed by atoms with van der Waals surface area (Å²) in [5.41, 5.74) is 2.49. The number of rotatable bonds is 11. The number of anilines is 3. The minimum atomic E-state index is -4.00. The van der Waals surface area contributed by atoms with Crippen molar-refractivity contribution in [2.45, 2.75) is 17.9 Å². The van der Waals surface area contributed by atoms with Gasteiger partial charge in [0, 0.05) is 25.2 Å². The fraction of sp³-hybridized carbons (Fsp3) is 0.259. The molecule has 4 aromatic rings. The molecular formula is C27H31ClN6O3S. The molecule has 1 aromatic heterocycles. The van der Waals surface area contributed by atoms with Crippen LogP contribution in [0.3, 0.4) is 0 Å². The lowest BCUT2D eigenvalue weighted by atomic mass is 10.1. The molecule has 0 saturated heterocycles. The Morgan fingerprint density at radius 3 is 2.37 bits per heavy atom. The Kier molecular flexibility index (Phi) is 8.68. The van der Waals surface area contributed by atoms with Crippen LogP contribution in [0.15, 0.2) is 71.6 Å². The van der Waals surface area contributed by atoms with E-state index < -0.39 is 10.0 Å². The number of ether oxygens (including phenoxy) is 1. The number of aromatic nitrogens is 2. The first-order chi connectivity index (χ1) is 18.2. The van der Waals surface area contributed by atoms with E-state index in [2.05, 4.69) is 30.2 Å². The van der Waals surface area contributed by atoms with Crippen LogP contribution in [0, 0.1) is 0 Å². The number of halogens is 1. The van der Waals surface area contributed by atoms with Crippen molar-refractivity contribution < 1.29 is 13.2 Å². The molecular weight excluding hydrogens is 524 g/mol. The number of para-hydroxylation sites is 2. The van der Waals surface area contributed by atoms with Crippen LogP contribution in [0.2, 0.25) is 5.02 Å². The Balaban J connectivity index is 1.67. The number of fused-ring (bicyclic) bond motifs is 1. The predicted octanol–water partition coefficient (Wildman–Crippen LogP) is 5.05. The third kappa shape index (κ3) is 6.70. The monoisotopic (exact) mass is 554 g/mol. The number of sulfonamides is 1. The summed E-state index contributed by atoms with van der Waals surface area (Å²) in [6, 6.07) is 19.1. The molecule has 3 aromatic carbocycles. The van der Waals surface area contributed by atoms with Gasteiger partial charge in [-0.15, -0.1) is 0 Å². The molecule has 0 fully saturated rings. The molecule has 200 valence electrons. The minimum Gasteiger partial charge on any atom is -0.497 e. The standard InChI is InChI=1S/C27H31ClN6O3S/c1-18(29-14-15-34(2)3)19-8-7-9-21(16-19)38(35,36)33-27-26(30-23-10-5-6-11-24(23)31-27)32-25-17-20(37-4)12-13-22(25)28/h5-13,16-18,29H,14-15H2,1-4H3,(H,30,32)(H,31,33). The summed E-state index contributed by atoms with van der Waals surface area (Å²) < 4.78 is 34.9. The van der Waals surface area contributed by atoms with Gasteiger partial charge >= 0.3 is 0 Å². The summed E-state index contributed by atoms with van der Waals surface area (Å²) in [7, 11) is 1.57. The molecule has 1 unspecified atom stereocenters. The lowest BCUT2D eigenvalue weighted by Crippen LogP contribution is -2.28. The zero-order valence-corrected chi connectivity index (χ0v) is 23.3. The molecule has 3 N–H and O–H groups in total. The molecule has 0 aliphatic carbocycles. The van der Waals surface area contributed by atoms with Gasteiger partial charge in [-0.3, -0.25) is 4.72 Å². The van der Waals surface area contributed by atoms with E-state index >= 15 is 0 Å².